The Labute approximate surface area is 142 Å². The van der Waals surface area contributed by atoms with E-state index in [4.69, 9.17) is 0 Å². The highest BCUT2D eigenvalue weighted by molar-refractivity contribution is 5.95. The molecule has 2 amide bonds. The average molecular weight is 331 g/mol. The summed E-state index contributed by atoms with van der Waals surface area (Å²) in [6.07, 6.45) is 8.22. The number of carbonyl (C=O) groups is 2. The van der Waals surface area contributed by atoms with Crippen LogP contribution in [-0.2, 0) is 9.59 Å². The lowest BCUT2D eigenvalue weighted by Gasteiger charge is -2.21. The summed E-state index contributed by atoms with van der Waals surface area (Å²) in [6.45, 7) is 5.54. The predicted octanol–water partition coefficient (Wildman–Crippen LogP) is 0.879. The summed E-state index contributed by atoms with van der Waals surface area (Å²) in [6, 6.07) is 0.366. The number of anilines is 1. The molecular formula is C17H25N5O2. The Hall–Kier alpha value is -1.89. The molecule has 0 aromatic carbocycles. The van der Waals surface area contributed by atoms with Gasteiger partial charge in [-0.25, -0.2) is 0 Å². The lowest BCUT2D eigenvalue weighted by Crippen LogP contribution is -2.34. The van der Waals surface area contributed by atoms with Gasteiger partial charge in [0, 0.05) is 58.3 Å². The molecule has 24 heavy (non-hydrogen) atoms. The fourth-order valence-electron chi connectivity index (χ4n) is 4.02. The molecule has 7 heteroatoms. The zero-order valence-electron chi connectivity index (χ0n) is 14.1. The van der Waals surface area contributed by atoms with Crippen LogP contribution in [0.4, 0.5) is 5.69 Å². The van der Waals surface area contributed by atoms with Gasteiger partial charge in [-0.2, -0.15) is 5.10 Å². The van der Waals surface area contributed by atoms with Crippen molar-refractivity contribution >= 4 is 17.5 Å². The van der Waals surface area contributed by atoms with Crippen LogP contribution in [0.3, 0.4) is 0 Å². The van der Waals surface area contributed by atoms with Crippen molar-refractivity contribution in [3.05, 3.63) is 12.4 Å². The first-order chi connectivity index (χ1) is 11.7. The summed E-state index contributed by atoms with van der Waals surface area (Å²) >= 11 is 0. The number of nitrogens with zero attached hydrogens (tertiary/aromatic N) is 5. The fourth-order valence-corrected chi connectivity index (χ4v) is 4.02. The fraction of sp³-hybridized carbons (Fsp3) is 0.706. The van der Waals surface area contributed by atoms with Crippen molar-refractivity contribution in [1.82, 2.24) is 19.6 Å². The Morgan fingerprint density at radius 1 is 1.04 bits per heavy atom. The summed E-state index contributed by atoms with van der Waals surface area (Å²) < 4.78 is 2.02. The largest absolute Gasteiger partial charge is 0.341 e. The summed E-state index contributed by atoms with van der Waals surface area (Å²) in [4.78, 5) is 29.8. The molecule has 1 unspecified atom stereocenters. The number of amides is 2. The first-order valence-electron chi connectivity index (χ1n) is 9.05. The van der Waals surface area contributed by atoms with Gasteiger partial charge in [0.1, 0.15) is 0 Å². The van der Waals surface area contributed by atoms with E-state index in [1.807, 2.05) is 26.9 Å². The third-order valence-corrected chi connectivity index (χ3v) is 5.45. The van der Waals surface area contributed by atoms with E-state index in [-0.39, 0.29) is 5.91 Å². The molecule has 3 fully saturated rings. The zero-order valence-corrected chi connectivity index (χ0v) is 14.1. The molecule has 0 spiro atoms. The molecule has 0 aliphatic carbocycles. The van der Waals surface area contributed by atoms with E-state index in [0.717, 1.165) is 64.2 Å². The molecule has 4 heterocycles. The minimum atomic E-state index is 0.206. The average Bonchev–Trinajstić information content (AvgIpc) is 3.32. The van der Waals surface area contributed by atoms with E-state index >= 15 is 0 Å². The standard InChI is InChI=1S/C17H25N5O2/c23-16-3-1-6-20(16)10-9-19-8-5-14(12-19)22-13-15(11-18-22)21-7-2-4-17(21)24/h11,13-14H,1-10,12H2. The third-order valence-electron chi connectivity index (χ3n) is 5.45. The summed E-state index contributed by atoms with van der Waals surface area (Å²) in [5, 5.41) is 4.49. The quantitative estimate of drug-likeness (QED) is 0.803. The van der Waals surface area contributed by atoms with Crippen LogP contribution in [0.1, 0.15) is 38.1 Å². The van der Waals surface area contributed by atoms with Crippen molar-refractivity contribution in [2.75, 3.05) is 44.2 Å². The lowest BCUT2D eigenvalue weighted by molar-refractivity contribution is -0.127. The highest BCUT2D eigenvalue weighted by Gasteiger charge is 2.28. The Morgan fingerprint density at radius 2 is 1.88 bits per heavy atom. The Balaban J connectivity index is 1.31. The number of hydrogen-bond acceptors (Lipinski definition) is 4. The van der Waals surface area contributed by atoms with E-state index in [1.165, 1.54) is 0 Å². The maximum atomic E-state index is 11.8. The van der Waals surface area contributed by atoms with Crippen LogP contribution in [-0.4, -0.2) is 70.7 Å². The number of hydrogen-bond donors (Lipinski definition) is 0. The van der Waals surface area contributed by atoms with Crippen LogP contribution >= 0.6 is 0 Å². The second kappa shape index (κ2) is 6.55. The molecule has 0 radical (unpaired) electrons. The van der Waals surface area contributed by atoms with Gasteiger partial charge in [-0.1, -0.05) is 0 Å². The molecule has 3 aliphatic rings. The molecule has 1 aromatic rings. The van der Waals surface area contributed by atoms with Gasteiger partial charge in [0.15, 0.2) is 0 Å². The van der Waals surface area contributed by atoms with Gasteiger partial charge in [-0.15, -0.1) is 0 Å². The van der Waals surface area contributed by atoms with Gasteiger partial charge in [-0.05, 0) is 19.3 Å². The molecule has 0 saturated carbocycles. The van der Waals surface area contributed by atoms with Gasteiger partial charge < -0.3 is 9.80 Å². The van der Waals surface area contributed by atoms with E-state index in [2.05, 4.69) is 10.00 Å². The first-order valence-corrected chi connectivity index (χ1v) is 9.05. The smallest absolute Gasteiger partial charge is 0.227 e. The number of carbonyl (C=O) groups excluding carboxylic acids is 2. The SMILES string of the molecule is O=C1CCCN1CCN1CCC(n2cc(N3CCCC3=O)cn2)C1. The molecule has 3 aliphatic heterocycles. The van der Waals surface area contributed by atoms with Gasteiger partial charge in [0.2, 0.25) is 11.8 Å². The highest BCUT2D eigenvalue weighted by atomic mass is 16.2. The maximum absolute atomic E-state index is 11.8. The van der Waals surface area contributed by atoms with Crippen molar-refractivity contribution in [3.8, 4) is 0 Å². The van der Waals surface area contributed by atoms with Crippen molar-refractivity contribution in [2.45, 2.75) is 38.1 Å². The van der Waals surface area contributed by atoms with Crippen LogP contribution in [0, 0.1) is 0 Å². The van der Waals surface area contributed by atoms with Crippen molar-refractivity contribution in [2.24, 2.45) is 0 Å². The molecule has 1 atom stereocenters. The minimum Gasteiger partial charge on any atom is -0.341 e. The summed E-state index contributed by atoms with van der Waals surface area (Å²) in [5.41, 5.74) is 0.929. The second-order valence-corrected chi connectivity index (χ2v) is 7.05. The van der Waals surface area contributed by atoms with Crippen molar-refractivity contribution in [1.29, 1.82) is 0 Å². The second-order valence-electron chi connectivity index (χ2n) is 7.05. The van der Waals surface area contributed by atoms with Crippen molar-refractivity contribution < 1.29 is 9.59 Å². The molecular weight excluding hydrogens is 306 g/mol. The maximum Gasteiger partial charge on any atom is 0.227 e. The molecule has 0 N–H and O–H groups in total. The molecule has 3 saturated heterocycles. The molecule has 0 bridgehead atoms. The highest BCUT2D eigenvalue weighted by Crippen LogP contribution is 2.25. The van der Waals surface area contributed by atoms with E-state index in [9.17, 15) is 9.59 Å². The Bertz CT molecular complexity index is 628. The summed E-state index contributed by atoms with van der Waals surface area (Å²) in [5.74, 6) is 0.510. The normalized spacial score (nSPS) is 25.4. The minimum absolute atomic E-state index is 0.206. The van der Waals surface area contributed by atoms with Gasteiger partial charge in [0.25, 0.3) is 0 Å². The number of rotatable bonds is 5. The van der Waals surface area contributed by atoms with Crippen LogP contribution in [0.15, 0.2) is 12.4 Å². The molecule has 130 valence electrons. The summed E-state index contributed by atoms with van der Waals surface area (Å²) in [7, 11) is 0. The monoisotopic (exact) mass is 331 g/mol. The topological polar surface area (TPSA) is 61.7 Å². The van der Waals surface area contributed by atoms with Gasteiger partial charge in [0.05, 0.1) is 17.9 Å². The van der Waals surface area contributed by atoms with Crippen LogP contribution in [0.5, 0.6) is 0 Å². The number of aromatic nitrogens is 2. The third kappa shape index (κ3) is 3.05. The molecule has 7 nitrogen and oxygen atoms in total. The van der Waals surface area contributed by atoms with E-state index < -0.39 is 0 Å². The van der Waals surface area contributed by atoms with Gasteiger partial charge in [-0.3, -0.25) is 19.2 Å². The predicted molar refractivity (Wildman–Crippen MR) is 89.7 cm³/mol. The molecule has 1 aromatic heterocycles. The van der Waals surface area contributed by atoms with Crippen molar-refractivity contribution in [3.63, 3.8) is 0 Å². The van der Waals surface area contributed by atoms with Crippen LogP contribution in [0.2, 0.25) is 0 Å². The Kier molecular flexibility index (Phi) is 4.26. The Morgan fingerprint density at radius 3 is 2.62 bits per heavy atom. The van der Waals surface area contributed by atoms with Crippen LogP contribution in [0.25, 0.3) is 0 Å². The van der Waals surface area contributed by atoms with Crippen LogP contribution < -0.4 is 4.90 Å². The first kappa shape index (κ1) is 15.6. The van der Waals surface area contributed by atoms with E-state index in [1.54, 1.807) is 0 Å². The van der Waals surface area contributed by atoms with E-state index in [0.29, 0.717) is 24.8 Å². The zero-order chi connectivity index (χ0) is 16.5. The molecule has 4 rings (SSSR count). The lowest BCUT2D eigenvalue weighted by atomic mass is 10.3. The van der Waals surface area contributed by atoms with Gasteiger partial charge >= 0.3 is 0 Å². The number of likely N-dealkylation sites (tertiary alicyclic amines) is 2.